The number of aliphatic hydroxyl groups is 2. The van der Waals surface area contributed by atoms with Crippen LogP contribution in [0, 0.1) is 0 Å². The molecule has 4 aromatic rings. The lowest BCUT2D eigenvalue weighted by atomic mass is 10.0. The zero-order valence-electron chi connectivity index (χ0n) is 25.3. The van der Waals surface area contributed by atoms with Crippen molar-refractivity contribution in [2.24, 2.45) is 5.73 Å². The Morgan fingerprint density at radius 3 is 2.47 bits per heavy atom. The van der Waals surface area contributed by atoms with Crippen LogP contribution in [0.25, 0.3) is 22.4 Å². The second-order valence-electron chi connectivity index (χ2n) is 10.9. The molecule has 1 unspecified atom stereocenters. The standard InChI is InChI=1S/C33H42BrN5O4/c1-5-12-38(13-14-40)26-9-6-23(7-10-26)33-37-29-17-24(8-11-30(29)39(33)21(2)3)28(18-31(35)42)36-19-22-15-25(20-41)32(43-4)27(34)16-22/h6-11,15-17,21,28,36,40-41H,5,12-14,18-20H2,1-4H3,(H2,35,42). The van der Waals surface area contributed by atoms with Gasteiger partial charge in [0, 0.05) is 55.0 Å². The van der Waals surface area contributed by atoms with Crippen LogP contribution in [-0.4, -0.2) is 52.5 Å². The maximum absolute atomic E-state index is 12.1. The summed E-state index contributed by atoms with van der Waals surface area (Å²) in [5.74, 6) is 1.06. The number of anilines is 1. The van der Waals surface area contributed by atoms with Crippen molar-refractivity contribution in [2.75, 3.05) is 31.7 Å². The van der Waals surface area contributed by atoms with Crippen LogP contribution in [0.4, 0.5) is 5.69 Å². The van der Waals surface area contributed by atoms with E-state index in [0.717, 1.165) is 56.7 Å². The lowest BCUT2D eigenvalue weighted by Gasteiger charge is -2.23. The normalized spacial score (nSPS) is 12.2. The van der Waals surface area contributed by atoms with Crippen molar-refractivity contribution in [3.05, 3.63) is 75.8 Å². The van der Waals surface area contributed by atoms with Gasteiger partial charge < -0.3 is 35.5 Å². The number of carbonyl (C=O) groups is 1. The highest BCUT2D eigenvalue weighted by atomic mass is 79.9. The summed E-state index contributed by atoms with van der Waals surface area (Å²) in [4.78, 5) is 19.3. The van der Waals surface area contributed by atoms with Crippen molar-refractivity contribution in [1.29, 1.82) is 0 Å². The van der Waals surface area contributed by atoms with E-state index in [2.05, 4.69) is 81.8 Å². The van der Waals surface area contributed by atoms with Crippen LogP contribution >= 0.6 is 15.9 Å². The average molecular weight is 653 g/mol. The molecule has 10 heteroatoms. The summed E-state index contributed by atoms with van der Waals surface area (Å²) >= 11 is 3.52. The van der Waals surface area contributed by atoms with Crippen molar-refractivity contribution in [1.82, 2.24) is 14.9 Å². The predicted octanol–water partition coefficient (Wildman–Crippen LogP) is 5.46. The smallest absolute Gasteiger partial charge is 0.219 e. The first-order valence-electron chi connectivity index (χ1n) is 14.7. The van der Waals surface area contributed by atoms with Crippen LogP contribution in [0.2, 0.25) is 0 Å². The van der Waals surface area contributed by atoms with Crippen molar-refractivity contribution in [3.8, 4) is 17.1 Å². The number of primary amides is 1. The zero-order valence-corrected chi connectivity index (χ0v) is 26.9. The van der Waals surface area contributed by atoms with Gasteiger partial charge in [0.1, 0.15) is 11.6 Å². The Bertz CT molecular complexity index is 1530. The van der Waals surface area contributed by atoms with Crippen molar-refractivity contribution >= 4 is 38.6 Å². The highest BCUT2D eigenvalue weighted by Crippen LogP contribution is 2.33. The molecule has 0 fully saturated rings. The van der Waals surface area contributed by atoms with E-state index in [1.54, 1.807) is 7.11 Å². The number of fused-ring (bicyclic) bond motifs is 1. The van der Waals surface area contributed by atoms with Gasteiger partial charge in [0.2, 0.25) is 5.91 Å². The fourth-order valence-corrected chi connectivity index (χ4v) is 6.26. The number of nitrogens with two attached hydrogens (primary N) is 1. The number of amides is 1. The molecule has 1 atom stereocenters. The van der Waals surface area contributed by atoms with Gasteiger partial charge in [-0.1, -0.05) is 13.0 Å². The molecule has 0 bridgehead atoms. The number of aliphatic hydroxyl groups excluding tert-OH is 2. The van der Waals surface area contributed by atoms with Gasteiger partial charge in [0.15, 0.2) is 0 Å². The molecule has 9 nitrogen and oxygen atoms in total. The Balaban J connectivity index is 1.66. The number of imidazole rings is 1. The first-order chi connectivity index (χ1) is 20.7. The SMILES string of the molecule is CCCN(CCO)c1ccc(-c2nc3cc(C(CC(N)=O)NCc4cc(Br)c(OC)c(CO)c4)ccc3n2C(C)C)cc1. The van der Waals surface area contributed by atoms with Gasteiger partial charge in [-0.25, -0.2) is 4.98 Å². The molecular weight excluding hydrogens is 610 g/mol. The van der Waals surface area contributed by atoms with Crippen LogP contribution in [0.5, 0.6) is 5.75 Å². The number of carbonyl (C=O) groups excluding carboxylic acids is 1. The number of hydrogen-bond donors (Lipinski definition) is 4. The second kappa shape index (κ2) is 14.8. The molecular formula is C33H42BrN5O4. The number of nitrogens with zero attached hydrogens (tertiary/aromatic N) is 3. The number of hydrogen-bond acceptors (Lipinski definition) is 7. The second-order valence-corrected chi connectivity index (χ2v) is 11.8. The van der Waals surface area contributed by atoms with Gasteiger partial charge in [-0.05, 0) is 95.9 Å². The van der Waals surface area contributed by atoms with E-state index in [-0.39, 0.29) is 31.7 Å². The number of ether oxygens (including phenoxy) is 1. The fraction of sp³-hybridized carbons (Fsp3) is 0.394. The summed E-state index contributed by atoms with van der Waals surface area (Å²) in [5.41, 5.74) is 12.1. The average Bonchev–Trinajstić information content (AvgIpc) is 3.38. The van der Waals surface area contributed by atoms with E-state index < -0.39 is 5.91 Å². The van der Waals surface area contributed by atoms with E-state index >= 15 is 0 Å². The number of rotatable bonds is 15. The summed E-state index contributed by atoms with van der Waals surface area (Å²) in [7, 11) is 1.57. The minimum Gasteiger partial charge on any atom is -0.495 e. The molecule has 3 aromatic carbocycles. The Kier molecular flexibility index (Phi) is 11.2. The predicted molar refractivity (Wildman–Crippen MR) is 175 cm³/mol. The van der Waals surface area contributed by atoms with Gasteiger partial charge >= 0.3 is 0 Å². The summed E-state index contributed by atoms with van der Waals surface area (Å²) in [5, 5.41) is 22.8. The summed E-state index contributed by atoms with van der Waals surface area (Å²) in [6.07, 6.45) is 1.12. The van der Waals surface area contributed by atoms with Gasteiger partial charge in [-0.3, -0.25) is 4.79 Å². The topological polar surface area (TPSA) is 126 Å². The fourth-order valence-electron chi connectivity index (χ4n) is 5.55. The van der Waals surface area contributed by atoms with Gasteiger partial charge in [0.25, 0.3) is 0 Å². The van der Waals surface area contributed by atoms with Gasteiger partial charge in [0.05, 0.1) is 35.8 Å². The zero-order chi connectivity index (χ0) is 31.1. The minimum atomic E-state index is -0.406. The van der Waals surface area contributed by atoms with Crippen molar-refractivity contribution in [2.45, 2.75) is 58.8 Å². The van der Waals surface area contributed by atoms with Crippen LogP contribution in [-0.2, 0) is 17.9 Å². The molecule has 1 aromatic heterocycles. The highest BCUT2D eigenvalue weighted by molar-refractivity contribution is 9.10. The molecule has 0 saturated carbocycles. The van der Waals surface area contributed by atoms with E-state index in [0.29, 0.717) is 24.4 Å². The quantitative estimate of drug-likeness (QED) is 0.134. The van der Waals surface area contributed by atoms with Crippen LogP contribution < -0.4 is 20.7 Å². The number of aromatic nitrogens is 2. The minimum absolute atomic E-state index is 0.111. The third kappa shape index (κ3) is 7.56. The maximum atomic E-state index is 12.1. The monoisotopic (exact) mass is 651 g/mol. The third-order valence-corrected chi connectivity index (χ3v) is 8.09. The number of methoxy groups -OCH3 is 1. The maximum Gasteiger partial charge on any atom is 0.219 e. The van der Waals surface area contributed by atoms with Gasteiger partial charge in [-0.15, -0.1) is 0 Å². The van der Waals surface area contributed by atoms with Gasteiger partial charge in [-0.2, -0.15) is 0 Å². The summed E-state index contributed by atoms with van der Waals surface area (Å²) in [6.45, 7) is 8.30. The summed E-state index contributed by atoms with van der Waals surface area (Å²) in [6, 6.07) is 18.1. The molecule has 0 spiro atoms. The number of benzene rings is 3. The Labute approximate surface area is 261 Å². The lowest BCUT2D eigenvalue weighted by Crippen LogP contribution is -2.27. The molecule has 1 heterocycles. The van der Waals surface area contributed by atoms with Crippen LogP contribution in [0.3, 0.4) is 0 Å². The first-order valence-corrected chi connectivity index (χ1v) is 15.5. The Morgan fingerprint density at radius 1 is 1.12 bits per heavy atom. The van der Waals surface area contributed by atoms with Crippen LogP contribution in [0.1, 0.15) is 62.4 Å². The molecule has 5 N–H and O–H groups in total. The Morgan fingerprint density at radius 2 is 1.86 bits per heavy atom. The van der Waals surface area contributed by atoms with Crippen LogP contribution in [0.15, 0.2) is 59.1 Å². The molecule has 0 aliphatic carbocycles. The highest BCUT2D eigenvalue weighted by Gasteiger charge is 2.20. The summed E-state index contributed by atoms with van der Waals surface area (Å²) < 4.78 is 8.38. The number of halogens is 1. The molecule has 0 aliphatic heterocycles. The van der Waals surface area contributed by atoms with Crippen molar-refractivity contribution < 1.29 is 19.7 Å². The molecule has 0 saturated heterocycles. The molecule has 43 heavy (non-hydrogen) atoms. The van der Waals surface area contributed by atoms with E-state index in [1.807, 2.05) is 24.3 Å². The number of nitrogens with one attached hydrogen (secondary N) is 1. The largest absolute Gasteiger partial charge is 0.495 e. The van der Waals surface area contributed by atoms with E-state index in [9.17, 15) is 15.0 Å². The Hall–Kier alpha value is -3.44. The van der Waals surface area contributed by atoms with Crippen molar-refractivity contribution in [3.63, 3.8) is 0 Å². The lowest BCUT2D eigenvalue weighted by molar-refractivity contribution is -0.118. The molecule has 0 aliphatic rings. The van der Waals surface area contributed by atoms with E-state index in [4.69, 9.17) is 15.5 Å². The molecule has 230 valence electrons. The molecule has 4 rings (SSSR count). The molecule has 0 radical (unpaired) electrons. The third-order valence-electron chi connectivity index (χ3n) is 7.50. The first kappa shape index (κ1) is 32.5. The molecule has 1 amide bonds. The van der Waals surface area contributed by atoms with E-state index in [1.165, 1.54) is 0 Å².